The average molecular weight is 342 g/mol. The standard InChI is InChI=1S/C19H18O4S/c1-19(2)18(20)16(13-8-5-4-6-9-13)17(23-19)14-10-7-11-15(12-14)24(3,21)22/h4-12H,1-3H3. The van der Waals surface area contributed by atoms with Gasteiger partial charge in [0.1, 0.15) is 5.76 Å². The number of Topliss-reactive ketones (excluding diaryl/α,β-unsaturated/α-hetero) is 1. The van der Waals surface area contributed by atoms with E-state index < -0.39 is 15.4 Å². The minimum absolute atomic E-state index is 0.117. The van der Waals surface area contributed by atoms with Gasteiger partial charge in [0, 0.05) is 11.8 Å². The first-order valence-corrected chi connectivity index (χ1v) is 9.43. The zero-order chi connectivity index (χ0) is 17.5. The molecule has 0 aromatic heterocycles. The van der Waals surface area contributed by atoms with Gasteiger partial charge in [-0.15, -0.1) is 0 Å². The Hall–Kier alpha value is -2.40. The molecule has 0 unspecified atom stereocenters. The fourth-order valence-electron chi connectivity index (χ4n) is 2.69. The molecule has 5 heteroatoms. The highest BCUT2D eigenvalue weighted by Crippen LogP contribution is 2.41. The number of hydrogen-bond donors (Lipinski definition) is 0. The molecule has 0 N–H and O–H groups in total. The quantitative estimate of drug-likeness (QED) is 0.858. The topological polar surface area (TPSA) is 60.4 Å². The Bertz CT molecular complexity index is 938. The third-order valence-corrected chi connectivity index (χ3v) is 5.06. The Morgan fingerprint density at radius 2 is 1.54 bits per heavy atom. The second-order valence-corrected chi connectivity index (χ2v) is 8.33. The molecular formula is C19H18O4S. The maximum atomic E-state index is 12.8. The summed E-state index contributed by atoms with van der Waals surface area (Å²) in [7, 11) is -3.34. The van der Waals surface area contributed by atoms with Crippen molar-refractivity contribution in [3.05, 3.63) is 65.7 Å². The normalized spacial score (nSPS) is 17.0. The number of hydrogen-bond acceptors (Lipinski definition) is 4. The molecule has 0 saturated carbocycles. The Morgan fingerprint density at radius 1 is 0.917 bits per heavy atom. The Morgan fingerprint density at radius 3 is 2.17 bits per heavy atom. The first-order valence-electron chi connectivity index (χ1n) is 7.54. The number of ether oxygens (including phenoxy) is 1. The molecule has 0 saturated heterocycles. The van der Waals surface area contributed by atoms with Gasteiger partial charge in [-0.25, -0.2) is 8.42 Å². The molecule has 1 aliphatic heterocycles. The Kier molecular flexibility index (Phi) is 3.84. The second-order valence-electron chi connectivity index (χ2n) is 6.31. The molecule has 2 aromatic rings. The highest BCUT2D eigenvalue weighted by molar-refractivity contribution is 7.90. The van der Waals surface area contributed by atoms with E-state index in [1.165, 1.54) is 6.07 Å². The van der Waals surface area contributed by atoms with Gasteiger partial charge in [0.05, 0.1) is 10.5 Å². The molecule has 0 fully saturated rings. The number of carbonyl (C=O) groups excluding carboxylic acids is 1. The van der Waals surface area contributed by atoms with Gasteiger partial charge in [-0.05, 0) is 31.5 Å². The number of ketones is 1. The largest absolute Gasteiger partial charge is 0.478 e. The van der Waals surface area contributed by atoms with Crippen LogP contribution in [0.25, 0.3) is 11.3 Å². The van der Waals surface area contributed by atoms with Crippen LogP contribution >= 0.6 is 0 Å². The lowest BCUT2D eigenvalue weighted by Crippen LogP contribution is -2.29. The first kappa shape index (κ1) is 16.5. The van der Waals surface area contributed by atoms with Crippen molar-refractivity contribution in [3.8, 4) is 0 Å². The molecule has 3 rings (SSSR count). The molecule has 1 aliphatic rings. The predicted octanol–water partition coefficient (Wildman–Crippen LogP) is 3.34. The van der Waals surface area contributed by atoms with E-state index in [4.69, 9.17) is 4.74 Å². The van der Waals surface area contributed by atoms with E-state index in [2.05, 4.69) is 0 Å². The van der Waals surface area contributed by atoms with E-state index in [1.54, 1.807) is 32.0 Å². The highest BCUT2D eigenvalue weighted by atomic mass is 32.2. The molecule has 4 nitrogen and oxygen atoms in total. The first-order chi connectivity index (χ1) is 11.2. The van der Waals surface area contributed by atoms with E-state index in [9.17, 15) is 13.2 Å². The molecule has 0 aliphatic carbocycles. The van der Waals surface area contributed by atoms with Crippen LogP contribution in [-0.2, 0) is 19.4 Å². The Labute approximate surface area is 141 Å². The summed E-state index contributed by atoms with van der Waals surface area (Å²) < 4.78 is 29.6. The van der Waals surface area contributed by atoms with E-state index in [0.29, 0.717) is 16.9 Å². The van der Waals surface area contributed by atoms with Crippen molar-refractivity contribution >= 4 is 27.0 Å². The van der Waals surface area contributed by atoms with Crippen molar-refractivity contribution in [3.63, 3.8) is 0 Å². The smallest absolute Gasteiger partial charge is 0.210 e. The summed E-state index contributed by atoms with van der Waals surface area (Å²) in [5.41, 5.74) is 0.830. The lowest BCUT2D eigenvalue weighted by molar-refractivity contribution is -0.125. The minimum atomic E-state index is -3.34. The summed E-state index contributed by atoms with van der Waals surface area (Å²) in [6, 6.07) is 15.8. The third kappa shape index (κ3) is 2.87. The van der Waals surface area contributed by atoms with Gasteiger partial charge in [0.25, 0.3) is 0 Å². The van der Waals surface area contributed by atoms with Crippen LogP contribution in [0.4, 0.5) is 0 Å². The van der Waals surface area contributed by atoms with Crippen LogP contribution in [0.5, 0.6) is 0 Å². The minimum Gasteiger partial charge on any atom is -0.478 e. The molecule has 0 atom stereocenters. The van der Waals surface area contributed by atoms with E-state index in [0.717, 1.165) is 11.8 Å². The van der Waals surface area contributed by atoms with Gasteiger partial charge >= 0.3 is 0 Å². The van der Waals surface area contributed by atoms with Crippen molar-refractivity contribution in [1.29, 1.82) is 0 Å². The molecule has 1 heterocycles. The summed E-state index contributed by atoms with van der Waals surface area (Å²) in [4.78, 5) is 13.0. The molecule has 0 amide bonds. The van der Waals surface area contributed by atoms with Gasteiger partial charge in [-0.2, -0.15) is 0 Å². The average Bonchev–Trinajstić information content (AvgIpc) is 2.78. The van der Waals surface area contributed by atoms with E-state index in [-0.39, 0.29) is 10.7 Å². The predicted molar refractivity (Wildman–Crippen MR) is 93.0 cm³/mol. The van der Waals surface area contributed by atoms with Crippen molar-refractivity contribution in [1.82, 2.24) is 0 Å². The molecule has 2 aromatic carbocycles. The van der Waals surface area contributed by atoms with Gasteiger partial charge in [-0.3, -0.25) is 4.79 Å². The lowest BCUT2D eigenvalue weighted by Gasteiger charge is -2.18. The summed E-state index contributed by atoms with van der Waals surface area (Å²) in [5, 5.41) is 0. The molecule has 24 heavy (non-hydrogen) atoms. The van der Waals surface area contributed by atoms with Crippen molar-refractivity contribution < 1.29 is 17.9 Å². The summed E-state index contributed by atoms with van der Waals surface area (Å²) >= 11 is 0. The van der Waals surface area contributed by atoms with Crippen LogP contribution in [0.1, 0.15) is 25.0 Å². The zero-order valence-electron chi connectivity index (χ0n) is 13.7. The summed E-state index contributed by atoms with van der Waals surface area (Å²) in [5.74, 6) is 0.301. The maximum Gasteiger partial charge on any atom is 0.210 e. The van der Waals surface area contributed by atoms with Crippen molar-refractivity contribution in [2.24, 2.45) is 0 Å². The van der Waals surface area contributed by atoms with E-state index >= 15 is 0 Å². The third-order valence-electron chi connectivity index (χ3n) is 3.95. The number of benzene rings is 2. The molecule has 124 valence electrons. The van der Waals surface area contributed by atoms with Crippen LogP contribution in [0, 0.1) is 0 Å². The van der Waals surface area contributed by atoms with Crippen LogP contribution in [0.15, 0.2) is 59.5 Å². The second kappa shape index (κ2) is 5.60. The molecule has 0 radical (unpaired) electrons. The molecule has 0 bridgehead atoms. The van der Waals surface area contributed by atoms with Crippen molar-refractivity contribution in [2.75, 3.05) is 6.26 Å². The number of carbonyl (C=O) groups is 1. The Balaban J connectivity index is 2.23. The lowest BCUT2D eigenvalue weighted by atomic mass is 9.93. The number of sulfone groups is 1. The fourth-order valence-corrected chi connectivity index (χ4v) is 3.36. The van der Waals surface area contributed by atoms with E-state index in [1.807, 2.05) is 30.3 Å². The van der Waals surface area contributed by atoms with Crippen LogP contribution < -0.4 is 0 Å². The highest BCUT2D eigenvalue weighted by Gasteiger charge is 2.42. The van der Waals surface area contributed by atoms with Gasteiger partial charge in [-0.1, -0.05) is 42.5 Å². The zero-order valence-corrected chi connectivity index (χ0v) is 14.6. The fraction of sp³-hybridized carbons (Fsp3) is 0.211. The van der Waals surface area contributed by atoms with Crippen LogP contribution in [0.3, 0.4) is 0 Å². The number of rotatable bonds is 3. The summed E-state index contributed by atoms with van der Waals surface area (Å²) in [6.45, 7) is 3.43. The SMILES string of the molecule is CC1(C)OC(c2cccc(S(C)(=O)=O)c2)=C(c2ccccc2)C1=O. The summed E-state index contributed by atoms with van der Waals surface area (Å²) in [6.07, 6.45) is 1.16. The van der Waals surface area contributed by atoms with Crippen LogP contribution in [0.2, 0.25) is 0 Å². The molecule has 0 spiro atoms. The van der Waals surface area contributed by atoms with Crippen LogP contribution in [-0.4, -0.2) is 26.1 Å². The van der Waals surface area contributed by atoms with Gasteiger partial charge < -0.3 is 4.74 Å². The van der Waals surface area contributed by atoms with Gasteiger partial charge in [0.15, 0.2) is 15.4 Å². The monoisotopic (exact) mass is 342 g/mol. The van der Waals surface area contributed by atoms with Crippen molar-refractivity contribution in [2.45, 2.75) is 24.3 Å². The maximum absolute atomic E-state index is 12.8. The van der Waals surface area contributed by atoms with Gasteiger partial charge in [0.2, 0.25) is 5.78 Å². The molecular weight excluding hydrogens is 324 g/mol.